The molecule has 1 aliphatic heterocycles. The van der Waals surface area contributed by atoms with Crippen molar-refractivity contribution in [3.8, 4) is 5.75 Å². The Bertz CT molecular complexity index is 466. The number of halogens is 1. The summed E-state index contributed by atoms with van der Waals surface area (Å²) in [6.45, 7) is 0. The van der Waals surface area contributed by atoms with Crippen LogP contribution in [-0.4, -0.2) is 23.9 Å². The molecule has 1 aromatic carbocycles. The molecule has 0 radical (unpaired) electrons. The molecule has 1 aromatic rings. The third-order valence-corrected chi connectivity index (χ3v) is 4.63. The van der Waals surface area contributed by atoms with Gasteiger partial charge in [-0.15, -0.1) is 0 Å². The lowest BCUT2D eigenvalue weighted by atomic mass is 9.77. The smallest absolute Gasteiger partial charge is 0.126 e. The first-order valence-electron chi connectivity index (χ1n) is 6.81. The molecule has 3 rings (SSSR count). The van der Waals surface area contributed by atoms with Crippen molar-refractivity contribution in [1.29, 1.82) is 0 Å². The molecule has 1 saturated carbocycles. The van der Waals surface area contributed by atoms with Crippen LogP contribution in [0.15, 0.2) is 18.2 Å². The van der Waals surface area contributed by atoms with Crippen LogP contribution in [0.1, 0.15) is 43.8 Å². The highest BCUT2D eigenvalue weighted by Gasteiger charge is 2.43. The van der Waals surface area contributed by atoms with Gasteiger partial charge in [0.1, 0.15) is 11.4 Å². The normalized spacial score (nSPS) is 33.8. The summed E-state index contributed by atoms with van der Waals surface area (Å²) in [5.41, 5.74) is 0.585. The Morgan fingerprint density at radius 1 is 1.37 bits per heavy atom. The van der Waals surface area contributed by atoms with Gasteiger partial charge in [0.05, 0.1) is 12.2 Å². The topological polar surface area (TPSA) is 38.7 Å². The third-order valence-electron chi connectivity index (χ3n) is 4.40. The van der Waals surface area contributed by atoms with Gasteiger partial charge >= 0.3 is 0 Å². The van der Waals surface area contributed by atoms with E-state index in [-0.39, 0.29) is 5.60 Å². The van der Waals surface area contributed by atoms with Crippen LogP contribution in [0.5, 0.6) is 5.75 Å². The molecule has 0 saturated heterocycles. The Morgan fingerprint density at radius 3 is 2.79 bits per heavy atom. The molecule has 19 heavy (non-hydrogen) atoms. The maximum absolute atomic E-state index is 10.4. The van der Waals surface area contributed by atoms with Crippen LogP contribution >= 0.6 is 11.6 Å². The summed E-state index contributed by atoms with van der Waals surface area (Å²) in [5.74, 6) is 0.777. The number of aliphatic hydroxyl groups is 1. The first kappa shape index (κ1) is 13.2. The van der Waals surface area contributed by atoms with E-state index in [0.29, 0.717) is 17.5 Å². The zero-order valence-corrected chi connectivity index (χ0v) is 11.8. The summed E-state index contributed by atoms with van der Waals surface area (Å²) in [4.78, 5) is 0. The summed E-state index contributed by atoms with van der Waals surface area (Å²) in [5, 5.41) is 11.0. The largest absolute Gasteiger partial charge is 0.487 e. The Morgan fingerprint density at radius 2 is 2.11 bits per heavy atom. The van der Waals surface area contributed by atoms with Crippen LogP contribution in [-0.2, 0) is 4.74 Å². The molecule has 1 N–H and O–H groups in total. The van der Waals surface area contributed by atoms with Crippen LogP contribution < -0.4 is 4.74 Å². The van der Waals surface area contributed by atoms with Crippen LogP contribution in [0.2, 0.25) is 5.02 Å². The minimum Gasteiger partial charge on any atom is -0.487 e. The van der Waals surface area contributed by atoms with Crippen molar-refractivity contribution in [3.63, 3.8) is 0 Å². The van der Waals surface area contributed by atoms with Gasteiger partial charge in [-0.05, 0) is 43.9 Å². The molecule has 0 bridgehead atoms. The monoisotopic (exact) mass is 282 g/mol. The molecule has 0 unspecified atom stereocenters. The molecule has 1 heterocycles. The van der Waals surface area contributed by atoms with Gasteiger partial charge in [-0.25, -0.2) is 0 Å². The van der Waals surface area contributed by atoms with Gasteiger partial charge in [0.25, 0.3) is 0 Å². The predicted molar refractivity (Wildman–Crippen MR) is 73.7 cm³/mol. The molecule has 0 aromatic heterocycles. The van der Waals surface area contributed by atoms with Crippen molar-refractivity contribution in [2.75, 3.05) is 7.11 Å². The van der Waals surface area contributed by atoms with Crippen molar-refractivity contribution in [2.24, 2.45) is 0 Å². The van der Waals surface area contributed by atoms with Gasteiger partial charge < -0.3 is 14.6 Å². The van der Waals surface area contributed by atoms with Crippen molar-refractivity contribution in [1.82, 2.24) is 0 Å². The number of aliphatic hydroxyl groups excluding tert-OH is 1. The predicted octanol–water partition coefficient (Wildman–Crippen LogP) is 3.48. The highest BCUT2D eigenvalue weighted by atomic mass is 35.5. The second-order valence-electron chi connectivity index (χ2n) is 5.62. The minimum absolute atomic E-state index is 0.227. The number of methoxy groups -OCH3 is 1. The Kier molecular flexibility index (Phi) is 3.46. The number of hydrogen-bond acceptors (Lipinski definition) is 3. The van der Waals surface area contributed by atoms with E-state index >= 15 is 0 Å². The molecule has 1 aliphatic carbocycles. The second kappa shape index (κ2) is 4.97. The van der Waals surface area contributed by atoms with Gasteiger partial charge in [0.15, 0.2) is 0 Å². The third kappa shape index (κ3) is 2.47. The number of benzene rings is 1. The van der Waals surface area contributed by atoms with Crippen molar-refractivity contribution < 1.29 is 14.6 Å². The van der Waals surface area contributed by atoms with Gasteiger partial charge in [0, 0.05) is 24.1 Å². The van der Waals surface area contributed by atoms with Crippen LogP contribution in [0, 0.1) is 0 Å². The van der Waals surface area contributed by atoms with Gasteiger partial charge in [-0.1, -0.05) is 11.6 Å². The number of ether oxygens (including phenoxy) is 2. The van der Waals surface area contributed by atoms with Gasteiger partial charge in [-0.2, -0.15) is 0 Å². The highest BCUT2D eigenvalue weighted by Crippen LogP contribution is 2.46. The first-order valence-corrected chi connectivity index (χ1v) is 7.19. The van der Waals surface area contributed by atoms with E-state index in [1.54, 1.807) is 13.2 Å². The molecule has 104 valence electrons. The van der Waals surface area contributed by atoms with E-state index < -0.39 is 6.10 Å². The lowest BCUT2D eigenvalue weighted by Gasteiger charge is -2.44. The van der Waals surface area contributed by atoms with Crippen LogP contribution in [0.4, 0.5) is 0 Å². The van der Waals surface area contributed by atoms with E-state index in [2.05, 4.69) is 0 Å². The fraction of sp³-hybridized carbons (Fsp3) is 0.600. The summed E-state index contributed by atoms with van der Waals surface area (Å²) >= 11 is 5.97. The zero-order valence-electron chi connectivity index (χ0n) is 11.1. The van der Waals surface area contributed by atoms with Gasteiger partial charge in [-0.3, -0.25) is 0 Å². The molecule has 2 aliphatic rings. The Labute approximate surface area is 118 Å². The summed E-state index contributed by atoms with van der Waals surface area (Å²) in [6, 6.07) is 5.48. The number of hydrogen-bond donors (Lipinski definition) is 1. The number of rotatable bonds is 1. The average Bonchev–Trinajstić information content (AvgIpc) is 2.41. The molecular formula is C15H19ClO3. The summed E-state index contributed by atoms with van der Waals surface area (Å²) < 4.78 is 11.6. The first-order chi connectivity index (χ1) is 9.12. The molecule has 4 heteroatoms. The minimum atomic E-state index is -0.485. The fourth-order valence-corrected chi connectivity index (χ4v) is 3.45. The van der Waals surface area contributed by atoms with Crippen LogP contribution in [0.25, 0.3) is 0 Å². The zero-order chi connectivity index (χ0) is 13.5. The van der Waals surface area contributed by atoms with Crippen LogP contribution in [0.3, 0.4) is 0 Å². The number of fused-ring (bicyclic) bond motifs is 1. The molecule has 1 atom stereocenters. The quantitative estimate of drug-likeness (QED) is 0.857. The molecule has 1 spiro atoms. The average molecular weight is 283 g/mol. The Hall–Kier alpha value is -0.770. The van der Waals surface area contributed by atoms with E-state index in [9.17, 15) is 5.11 Å². The van der Waals surface area contributed by atoms with E-state index in [1.807, 2.05) is 12.1 Å². The summed E-state index contributed by atoms with van der Waals surface area (Å²) in [7, 11) is 1.76. The highest BCUT2D eigenvalue weighted by molar-refractivity contribution is 6.30. The lowest BCUT2D eigenvalue weighted by molar-refractivity contribution is -0.0671. The van der Waals surface area contributed by atoms with Crippen molar-refractivity contribution in [3.05, 3.63) is 28.8 Å². The van der Waals surface area contributed by atoms with Crippen molar-refractivity contribution >= 4 is 11.6 Å². The van der Waals surface area contributed by atoms with Gasteiger partial charge in [0.2, 0.25) is 0 Å². The van der Waals surface area contributed by atoms with Crippen molar-refractivity contribution in [2.45, 2.75) is 49.9 Å². The van der Waals surface area contributed by atoms with E-state index in [4.69, 9.17) is 21.1 Å². The fourth-order valence-electron chi connectivity index (χ4n) is 3.27. The SMILES string of the molecule is COC1CCC2(CC1)C[C@@H](O)c1cc(Cl)ccc1O2. The molecule has 0 amide bonds. The lowest BCUT2D eigenvalue weighted by Crippen LogP contribution is -2.45. The maximum Gasteiger partial charge on any atom is 0.126 e. The second-order valence-corrected chi connectivity index (χ2v) is 6.06. The molecule has 3 nitrogen and oxygen atoms in total. The standard InChI is InChI=1S/C15H19ClO3/c1-18-11-4-6-15(7-5-11)9-13(17)12-8-10(16)2-3-14(12)19-15/h2-3,8,11,13,17H,4-7,9H2,1H3/t11?,13-,15?/m1/s1. The molecular weight excluding hydrogens is 264 g/mol. The Balaban J connectivity index is 1.83. The van der Waals surface area contributed by atoms with E-state index in [1.165, 1.54) is 0 Å². The molecule has 1 fully saturated rings. The summed E-state index contributed by atoms with van der Waals surface area (Å²) in [6.07, 6.45) is 4.35. The van der Waals surface area contributed by atoms with E-state index in [0.717, 1.165) is 37.0 Å². The maximum atomic E-state index is 10.4.